The first-order valence-corrected chi connectivity index (χ1v) is 4.60. The lowest BCUT2D eigenvalue weighted by atomic mass is 10.4. The van der Waals surface area contributed by atoms with Crippen molar-refractivity contribution in [2.75, 3.05) is 5.32 Å². The van der Waals surface area contributed by atoms with Gasteiger partial charge >= 0.3 is 0 Å². The van der Waals surface area contributed by atoms with Crippen LogP contribution >= 0.6 is 15.9 Å². The minimum atomic E-state index is -0.308. The van der Waals surface area contributed by atoms with Crippen molar-refractivity contribution in [3.8, 4) is 0 Å². The van der Waals surface area contributed by atoms with Crippen LogP contribution in [0.1, 0.15) is 10.6 Å². The maximum Gasteiger partial charge on any atom is 0.291 e. The van der Waals surface area contributed by atoms with Crippen LogP contribution in [-0.2, 0) is 0 Å². The number of amides is 1. The fourth-order valence-corrected chi connectivity index (χ4v) is 1.25. The Balaban J connectivity index is 2.10. The van der Waals surface area contributed by atoms with E-state index in [1.807, 2.05) is 0 Å². The lowest BCUT2D eigenvalue weighted by Crippen LogP contribution is -2.09. The Labute approximate surface area is 87.6 Å². The molecule has 0 unspecified atom stereocenters. The van der Waals surface area contributed by atoms with Gasteiger partial charge in [-0.2, -0.15) is 5.10 Å². The fraction of sp³-hybridized carbons (Fsp3) is 0. The summed E-state index contributed by atoms with van der Waals surface area (Å²) < 4.78 is 5.59. The molecule has 0 fully saturated rings. The highest BCUT2D eigenvalue weighted by Gasteiger charge is 2.10. The Morgan fingerprint density at radius 3 is 3.00 bits per heavy atom. The summed E-state index contributed by atoms with van der Waals surface area (Å²) in [6, 6.07) is 3.24. The average Bonchev–Trinajstić information content (AvgIpc) is 2.75. The third-order valence-corrected chi connectivity index (χ3v) is 1.98. The number of hydrogen-bond donors (Lipinski definition) is 2. The number of aromatic amines is 1. The van der Waals surface area contributed by atoms with Crippen molar-refractivity contribution < 1.29 is 9.21 Å². The van der Waals surface area contributed by atoms with Gasteiger partial charge in [-0.3, -0.25) is 9.89 Å². The Morgan fingerprint density at radius 1 is 1.57 bits per heavy atom. The number of carbonyl (C=O) groups is 1. The molecule has 72 valence electrons. The van der Waals surface area contributed by atoms with Crippen molar-refractivity contribution in [1.29, 1.82) is 0 Å². The van der Waals surface area contributed by atoms with Crippen molar-refractivity contribution >= 4 is 27.5 Å². The summed E-state index contributed by atoms with van der Waals surface area (Å²) in [5, 5.41) is 8.89. The van der Waals surface area contributed by atoms with Crippen molar-refractivity contribution in [3.05, 3.63) is 35.0 Å². The molecule has 0 radical (unpaired) electrons. The Bertz CT molecular complexity index is 435. The summed E-state index contributed by atoms with van der Waals surface area (Å²) in [6.45, 7) is 0. The number of hydrogen-bond acceptors (Lipinski definition) is 3. The van der Waals surface area contributed by atoms with E-state index in [-0.39, 0.29) is 11.7 Å². The molecule has 0 aromatic carbocycles. The second kappa shape index (κ2) is 3.67. The molecule has 2 aromatic rings. The molecule has 2 aromatic heterocycles. The maximum atomic E-state index is 11.5. The van der Waals surface area contributed by atoms with Gasteiger partial charge in [0.15, 0.2) is 10.4 Å². The van der Waals surface area contributed by atoms with E-state index in [4.69, 9.17) is 4.42 Å². The number of nitrogens with one attached hydrogen (secondary N) is 2. The number of furan rings is 1. The normalized spacial score (nSPS) is 10.1. The van der Waals surface area contributed by atoms with Crippen LogP contribution in [0, 0.1) is 0 Å². The summed E-state index contributed by atoms with van der Waals surface area (Å²) >= 11 is 3.11. The van der Waals surface area contributed by atoms with E-state index in [0.717, 1.165) is 0 Å². The highest BCUT2D eigenvalue weighted by molar-refractivity contribution is 9.10. The quantitative estimate of drug-likeness (QED) is 0.863. The number of carbonyl (C=O) groups excluding carboxylic acids is 1. The molecule has 2 rings (SSSR count). The standard InChI is InChI=1S/C8H6BrN3O2/c9-7-2-1-6(14-7)8(13)12-5-3-10-11-4-5/h1-4H,(H,10,11)(H,12,13). The molecule has 0 aliphatic carbocycles. The molecule has 0 aliphatic heterocycles. The lowest BCUT2D eigenvalue weighted by molar-refractivity contribution is 0.0995. The molecule has 2 N–H and O–H groups in total. The van der Waals surface area contributed by atoms with Crippen LogP contribution in [0.25, 0.3) is 0 Å². The van der Waals surface area contributed by atoms with Crippen LogP contribution in [-0.4, -0.2) is 16.1 Å². The molecule has 2 heterocycles. The van der Waals surface area contributed by atoms with Gasteiger partial charge in [0.1, 0.15) is 0 Å². The van der Waals surface area contributed by atoms with Crippen LogP contribution in [0.2, 0.25) is 0 Å². The van der Waals surface area contributed by atoms with Gasteiger partial charge in [0, 0.05) is 6.20 Å². The van der Waals surface area contributed by atoms with Gasteiger partial charge in [-0.15, -0.1) is 0 Å². The van der Waals surface area contributed by atoms with Crippen molar-refractivity contribution in [1.82, 2.24) is 10.2 Å². The molecule has 0 atom stereocenters. The molecule has 0 bridgehead atoms. The molecular weight excluding hydrogens is 250 g/mol. The third kappa shape index (κ3) is 1.85. The molecule has 0 saturated heterocycles. The molecular formula is C8H6BrN3O2. The predicted molar refractivity (Wildman–Crippen MR) is 52.9 cm³/mol. The number of halogens is 1. The zero-order valence-electron chi connectivity index (χ0n) is 6.95. The summed E-state index contributed by atoms with van der Waals surface area (Å²) in [6.07, 6.45) is 3.09. The van der Waals surface area contributed by atoms with Gasteiger partial charge in [-0.05, 0) is 28.1 Å². The van der Waals surface area contributed by atoms with Crippen LogP contribution in [0.15, 0.2) is 33.6 Å². The van der Waals surface area contributed by atoms with E-state index in [9.17, 15) is 4.79 Å². The predicted octanol–water partition coefficient (Wildman–Crippen LogP) is 2.02. The Hall–Kier alpha value is -1.56. The first kappa shape index (κ1) is 9.01. The summed E-state index contributed by atoms with van der Waals surface area (Å²) in [4.78, 5) is 11.5. The zero-order chi connectivity index (χ0) is 9.97. The molecule has 0 spiro atoms. The van der Waals surface area contributed by atoms with Crippen molar-refractivity contribution in [3.63, 3.8) is 0 Å². The van der Waals surface area contributed by atoms with E-state index in [0.29, 0.717) is 10.4 Å². The molecule has 14 heavy (non-hydrogen) atoms. The van der Waals surface area contributed by atoms with E-state index >= 15 is 0 Å². The van der Waals surface area contributed by atoms with E-state index in [1.165, 1.54) is 6.20 Å². The molecule has 6 heteroatoms. The SMILES string of the molecule is O=C(Nc1cn[nH]c1)c1ccc(Br)o1. The average molecular weight is 256 g/mol. The van der Waals surface area contributed by atoms with Gasteiger partial charge in [-0.25, -0.2) is 0 Å². The maximum absolute atomic E-state index is 11.5. The van der Waals surface area contributed by atoms with Gasteiger partial charge < -0.3 is 9.73 Å². The lowest BCUT2D eigenvalue weighted by Gasteiger charge is -1.97. The second-order valence-electron chi connectivity index (χ2n) is 2.54. The van der Waals surface area contributed by atoms with Gasteiger partial charge in [0.25, 0.3) is 5.91 Å². The minimum Gasteiger partial charge on any atom is -0.444 e. The van der Waals surface area contributed by atoms with Crippen molar-refractivity contribution in [2.45, 2.75) is 0 Å². The van der Waals surface area contributed by atoms with Gasteiger partial charge in [0.05, 0.1) is 11.9 Å². The molecule has 0 saturated carbocycles. The van der Waals surface area contributed by atoms with E-state index < -0.39 is 0 Å². The van der Waals surface area contributed by atoms with Crippen LogP contribution < -0.4 is 5.32 Å². The molecule has 5 nitrogen and oxygen atoms in total. The third-order valence-electron chi connectivity index (χ3n) is 1.55. The smallest absolute Gasteiger partial charge is 0.291 e. The highest BCUT2D eigenvalue weighted by atomic mass is 79.9. The van der Waals surface area contributed by atoms with Gasteiger partial charge in [0.2, 0.25) is 0 Å². The van der Waals surface area contributed by atoms with Gasteiger partial charge in [-0.1, -0.05) is 0 Å². The first-order chi connectivity index (χ1) is 6.75. The highest BCUT2D eigenvalue weighted by Crippen LogP contribution is 2.15. The number of anilines is 1. The topological polar surface area (TPSA) is 70.9 Å². The van der Waals surface area contributed by atoms with Crippen LogP contribution in [0.3, 0.4) is 0 Å². The minimum absolute atomic E-state index is 0.248. The number of nitrogens with zero attached hydrogens (tertiary/aromatic N) is 1. The fourth-order valence-electron chi connectivity index (χ4n) is 0.948. The number of H-pyrrole nitrogens is 1. The molecule has 0 aliphatic rings. The van der Waals surface area contributed by atoms with Crippen LogP contribution in [0.4, 0.5) is 5.69 Å². The zero-order valence-corrected chi connectivity index (χ0v) is 8.54. The summed E-state index contributed by atoms with van der Waals surface area (Å²) in [7, 11) is 0. The number of rotatable bonds is 2. The van der Waals surface area contributed by atoms with Crippen molar-refractivity contribution in [2.24, 2.45) is 0 Å². The summed E-state index contributed by atoms with van der Waals surface area (Å²) in [5.74, 6) is -0.0600. The Morgan fingerprint density at radius 2 is 2.43 bits per heavy atom. The second-order valence-corrected chi connectivity index (χ2v) is 3.33. The summed E-state index contributed by atoms with van der Waals surface area (Å²) in [5.41, 5.74) is 0.600. The van der Waals surface area contributed by atoms with E-state index in [2.05, 4.69) is 31.4 Å². The largest absolute Gasteiger partial charge is 0.444 e. The van der Waals surface area contributed by atoms with Crippen LogP contribution in [0.5, 0.6) is 0 Å². The van der Waals surface area contributed by atoms with E-state index in [1.54, 1.807) is 18.3 Å². The molecule has 1 amide bonds. The first-order valence-electron chi connectivity index (χ1n) is 3.81. The Kier molecular flexibility index (Phi) is 2.36. The number of aromatic nitrogens is 2. The monoisotopic (exact) mass is 255 g/mol.